The van der Waals surface area contributed by atoms with Crippen molar-refractivity contribution >= 4 is 35.0 Å². The number of benzene rings is 1. The molecule has 22 heavy (non-hydrogen) atoms. The maximum Gasteiger partial charge on any atom is 0.343 e. The second-order valence-electron chi connectivity index (χ2n) is 4.72. The van der Waals surface area contributed by atoms with Gasteiger partial charge >= 0.3 is 5.69 Å². The molecule has 118 valence electrons. The molecule has 0 aliphatic heterocycles. The number of carbonyl (C=O) groups is 1. The monoisotopic (exact) mass is 340 g/mol. The second kappa shape index (κ2) is 7.51. The molecule has 2 N–H and O–H groups in total. The van der Waals surface area contributed by atoms with Gasteiger partial charge in [0.1, 0.15) is 0 Å². The number of nitrogens with zero attached hydrogens (tertiary/aromatic N) is 2. The highest BCUT2D eigenvalue weighted by Gasteiger charge is 2.19. The van der Waals surface area contributed by atoms with Crippen LogP contribution in [0.1, 0.15) is 20.3 Å². The summed E-state index contributed by atoms with van der Waals surface area (Å²) in [5, 5.41) is 9.84. The van der Waals surface area contributed by atoms with Gasteiger partial charge in [0.15, 0.2) is 5.16 Å². The molecule has 0 fully saturated rings. The van der Waals surface area contributed by atoms with Crippen LogP contribution in [-0.2, 0) is 11.3 Å². The maximum atomic E-state index is 12.2. The van der Waals surface area contributed by atoms with Gasteiger partial charge in [0.2, 0.25) is 5.91 Å². The minimum absolute atomic E-state index is 0.175. The predicted octanol–water partition coefficient (Wildman–Crippen LogP) is 2.75. The average Bonchev–Trinajstić information content (AvgIpc) is 2.80. The Kier molecular flexibility index (Phi) is 5.68. The summed E-state index contributed by atoms with van der Waals surface area (Å²) in [7, 11) is 0. The zero-order valence-electron chi connectivity index (χ0n) is 12.3. The molecule has 2 aromatic rings. The molecule has 1 aromatic carbocycles. The molecule has 0 aliphatic rings. The van der Waals surface area contributed by atoms with Gasteiger partial charge in [0, 0.05) is 17.3 Å². The van der Waals surface area contributed by atoms with Crippen molar-refractivity contribution in [3.05, 3.63) is 39.8 Å². The Balaban J connectivity index is 2.04. The van der Waals surface area contributed by atoms with Crippen molar-refractivity contribution in [2.24, 2.45) is 0 Å². The number of rotatable bonds is 6. The lowest BCUT2D eigenvalue weighted by Gasteiger charge is -2.12. The summed E-state index contributed by atoms with van der Waals surface area (Å²) < 4.78 is 1.54. The second-order valence-corrected chi connectivity index (χ2v) is 6.47. The van der Waals surface area contributed by atoms with E-state index < -0.39 is 5.25 Å². The molecular formula is C14H17ClN4O2S. The van der Waals surface area contributed by atoms with Crippen molar-refractivity contribution in [3.63, 3.8) is 0 Å². The lowest BCUT2D eigenvalue weighted by Crippen LogP contribution is -2.24. The first-order valence-corrected chi connectivity index (χ1v) is 8.15. The molecule has 1 aromatic heterocycles. The number of aromatic amines is 1. The van der Waals surface area contributed by atoms with Crippen LogP contribution >= 0.6 is 23.4 Å². The number of halogens is 1. The normalized spacial score (nSPS) is 12.1. The molecule has 0 saturated heterocycles. The molecule has 0 radical (unpaired) electrons. The molecular weight excluding hydrogens is 324 g/mol. The number of hydrogen-bond donors (Lipinski definition) is 2. The third-order valence-electron chi connectivity index (χ3n) is 2.91. The first kappa shape index (κ1) is 16.6. The van der Waals surface area contributed by atoms with Crippen molar-refractivity contribution in [1.29, 1.82) is 0 Å². The molecule has 0 aliphatic carbocycles. The molecule has 0 unspecified atom stereocenters. The summed E-state index contributed by atoms with van der Waals surface area (Å²) >= 11 is 7.13. The Labute approximate surface area is 137 Å². The first-order valence-electron chi connectivity index (χ1n) is 6.89. The maximum absolute atomic E-state index is 12.2. The number of H-pyrrole nitrogens is 1. The van der Waals surface area contributed by atoms with E-state index >= 15 is 0 Å². The molecule has 0 saturated carbocycles. The van der Waals surface area contributed by atoms with Gasteiger partial charge in [-0.05, 0) is 31.5 Å². The molecule has 0 spiro atoms. The lowest BCUT2D eigenvalue weighted by molar-refractivity contribution is -0.115. The highest BCUT2D eigenvalue weighted by molar-refractivity contribution is 8.00. The van der Waals surface area contributed by atoms with E-state index in [0.717, 1.165) is 6.42 Å². The van der Waals surface area contributed by atoms with Crippen molar-refractivity contribution in [3.8, 4) is 0 Å². The fourth-order valence-corrected chi connectivity index (χ4v) is 2.91. The summed E-state index contributed by atoms with van der Waals surface area (Å²) in [5.41, 5.74) is 0.379. The van der Waals surface area contributed by atoms with Gasteiger partial charge in [0.05, 0.1) is 5.25 Å². The van der Waals surface area contributed by atoms with Crippen LogP contribution in [0.25, 0.3) is 0 Å². The van der Waals surface area contributed by atoms with E-state index in [4.69, 9.17) is 11.6 Å². The number of anilines is 1. The fraction of sp³-hybridized carbons (Fsp3) is 0.357. The van der Waals surface area contributed by atoms with Crippen molar-refractivity contribution in [1.82, 2.24) is 14.8 Å². The summed E-state index contributed by atoms with van der Waals surface area (Å²) in [6, 6.07) is 6.95. The van der Waals surface area contributed by atoms with Gasteiger partial charge < -0.3 is 5.32 Å². The van der Waals surface area contributed by atoms with Crippen LogP contribution in [0.5, 0.6) is 0 Å². The third kappa shape index (κ3) is 4.14. The van der Waals surface area contributed by atoms with E-state index in [2.05, 4.69) is 15.5 Å². The number of hydrogen-bond acceptors (Lipinski definition) is 4. The van der Waals surface area contributed by atoms with Crippen LogP contribution in [0.15, 0.2) is 34.2 Å². The summed E-state index contributed by atoms with van der Waals surface area (Å²) in [6.45, 7) is 4.31. The molecule has 2 rings (SSSR count). The van der Waals surface area contributed by atoms with Gasteiger partial charge in [-0.2, -0.15) is 0 Å². The molecule has 8 heteroatoms. The molecule has 1 atom stereocenters. The van der Waals surface area contributed by atoms with E-state index in [1.165, 1.54) is 16.3 Å². The number of aromatic nitrogens is 3. The van der Waals surface area contributed by atoms with E-state index in [-0.39, 0.29) is 11.6 Å². The van der Waals surface area contributed by atoms with E-state index in [9.17, 15) is 9.59 Å². The molecule has 0 bridgehead atoms. The summed E-state index contributed by atoms with van der Waals surface area (Å²) in [5.74, 6) is -0.175. The average molecular weight is 341 g/mol. The Morgan fingerprint density at radius 3 is 3.00 bits per heavy atom. The van der Waals surface area contributed by atoms with Gasteiger partial charge in [0.25, 0.3) is 0 Å². The van der Waals surface area contributed by atoms with Crippen molar-refractivity contribution in [2.45, 2.75) is 37.2 Å². The quantitative estimate of drug-likeness (QED) is 0.792. The van der Waals surface area contributed by atoms with Crippen LogP contribution in [0.2, 0.25) is 5.02 Å². The Hall–Kier alpha value is -1.73. The minimum Gasteiger partial charge on any atom is -0.325 e. The SMILES string of the molecule is CCCn1c(S[C@H](C)C(=O)Nc2cccc(Cl)c2)n[nH]c1=O. The zero-order chi connectivity index (χ0) is 16.1. The van der Waals surface area contributed by atoms with Gasteiger partial charge in [-0.1, -0.05) is 36.4 Å². The van der Waals surface area contributed by atoms with Crippen LogP contribution in [-0.4, -0.2) is 25.9 Å². The Morgan fingerprint density at radius 1 is 1.55 bits per heavy atom. The highest BCUT2D eigenvalue weighted by Crippen LogP contribution is 2.22. The van der Waals surface area contributed by atoms with Crippen molar-refractivity contribution in [2.75, 3.05) is 5.32 Å². The van der Waals surface area contributed by atoms with E-state index in [1.807, 2.05) is 6.92 Å². The predicted molar refractivity (Wildman–Crippen MR) is 88.5 cm³/mol. The number of thioether (sulfide) groups is 1. The van der Waals surface area contributed by atoms with Gasteiger partial charge in [-0.15, -0.1) is 5.10 Å². The fourth-order valence-electron chi connectivity index (χ4n) is 1.84. The van der Waals surface area contributed by atoms with Crippen molar-refractivity contribution < 1.29 is 4.79 Å². The Bertz CT molecular complexity index is 713. The first-order chi connectivity index (χ1) is 10.5. The van der Waals surface area contributed by atoms with Gasteiger partial charge in [-0.3, -0.25) is 9.36 Å². The minimum atomic E-state index is -0.398. The third-order valence-corrected chi connectivity index (χ3v) is 4.24. The summed E-state index contributed by atoms with van der Waals surface area (Å²) in [4.78, 5) is 23.8. The van der Waals surface area contributed by atoms with Crippen LogP contribution in [0.3, 0.4) is 0 Å². The highest BCUT2D eigenvalue weighted by atomic mass is 35.5. The lowest BCUT2D eigenvalue weighted by atomic mass is 10.3. The zero-order valence-corrected chi connectivity index (χ0v) is 13.9. The number of amides is 1. The topological polar surface area (TPSA) is 79.8 Å². The Morgan fingerprint density at radius 2 is 2.32 bits per heavy atom. The van der Waals surface area contributed by atoms with Crippen LogP contribution in [0.4, 0.5) is 5.69 Å². The van der Waals surface area contributed by atoms with Gasteiger partial charge in [-0.25, -0.2) is 9.89 Å². The van der Waals surface area contributed by atoms with Crippen LogP contribution in [0, 0.1) is 0 Å². The number of carbonyl (C=O) groups excluding carboxylic acids is 1. The van der Waals surface area contributed by atoms with E-state index in [1.54, 1.807) is 31.2 Å². The van der Waals surface area contributed by atoms with Crippen LogP contribution < -0.4 is 11.0 Å². The molecule has 6 nitrogen and oxygen atoms in total. The standard InChI is InChI=1S/C14H17ClN4O2S/c1-3-7-19-13(21)17-18-14(19)22-9(2)12(20)16-11-6-4-5-10(15)8-11/h4-6,8-9H,3,7H2,1-2H3,(H,16,20)(H,17,21)/t9-/m1/s1. The molecule has 1 amide bonds. The summed E-state index contributed by atoms with van der Waals surface area (Å²) in [6.07, 6.45) is 0.816. The smallest absolute Gasteiger partial charge is 0.325 e. The van der Waals surface area contributed by atoms with E-state index in [0.29, 0.717) is 22.4 Å². The number of nitrogens with one attached hydrogen (secondary N) is 2. The molecule has 1 heterocycles. The largest absolute Gasteiger partial charge is 0.343 e.